The average molecular weight is 333 g/mol. The molecule has 0 radical (unpaired) electrons. The van der Waals surface area contributed by atoms with Crippen LogP contribution in [0.3, 0.4) is 0 Å². The fourth-order valence-corrected chi connectivity index (χ4v) is 2.73. The van der Waals surface area contributed by atoms with E-state index >= 15 is 0 Å². The molecule has 2 unspecified atom stereocenters. The molecule has 0 saturated heterocycles. The van der Waals surface area contributed by atoms with Gasteiger partial charge in [0.15, 0.2) is 0 Å². The highest BCUT2D eigenvalue weighted by molar-refractivity contribution is 5.83. The summed E-state index contributed by atoms with van der Waals surface area (Å²) in [5.41, 5.74) is 6.54. The van der Waals surface area contributed by atoms with Crippen molar-refractivity contribution in [2.45, 2.75) is 34.1 Å². The minimum Gasteiger partial charge on any atom is -0.0990 e. The maximum atomic E-state index is 4.22. The fourth-order valence-electron chi connectivity index (χ4n) is 2.73. The van der Waals surface area contributed by atoms with Gasteiger partial charge in [-0.05, 0) is 53.0 Å². The summed E-state index contributed by atoms with van der Waals surface area (Å²) in [6, 6.07) is 8.52. The predicted octanol–water partition coefficient (Wildman–Crippen LogP) is 7.64. The van der Waals surface area contributed by atoms with E-state index in [1.807, 2.05) is 32.9 Å². The minimum absolute atomic E-state index is 0.711. The third-order valence-electron chi connectivity index (χ3n) is 4.42. The van der Waals surface area contributed by atoms with Gasteiger partial charge in [0.05, 0.1) is 0 Å². The zero-order chi connectivity index (χ0) is 19.0. The van der Waals surface area contributed by atoms with Crippen molar-refractivity contribution >= 4 is 11.1 Å². The van der Waals surface area contributed by atoms with Crippen LogP contribution in [-0.2, 0) is 0 Å². The predicted molar refractivity (Wildman–Crippen MR) is 115 cm³/mol. The molecule has 0 heterocycles. The fraction of sp³-hybridized carbons (Fsp3) is 0.280. The molecule has 1 aromatic rings. The van der Waals surface area contributed by atoms with Crippen LogP contribution in [0.1, 0.15) is 45.2 Å². The molecule has 0 N–H and O–H groups in total. The van der Waals surface area contributed by atoms with Gasteiger partial charge in [-0.15, -0.1) is 0 Å². The lowest BCUT2D eigenvalue weighted by atomic mass is 9.93. The van der Waals surface area contributed by atoms with Crippen molar-refractivity contribution in [3.05, 3.63) is 97.2 Å². The molecule has 0 aliphatic heterocycles. The molecule has 0 bridgehead atoms. The van der Waals surface area contributed by atoms with E-state index in [2.05, 4.69) is 63.6 Å². The van der Waals surface area contributed by atoms with Crippen LogP contribution >= 0.6 is 0 Å². The second-order valence-electron chi connectivity index (χ2n) is 6.36. The van der Waals surface area contributed by atoms with Crippen LogP contribution in [0, 0.1) is 11.8 Å². The minimum atomic E-state index is 0.711. The molecule has 0 heteroatoms. The quantitative estimate of drug-likeness (QED) is 0.450. The lowest BCUT2D eigenvalue weighted by Gasteiger charge is -2.12. The summed E-state index contributed by atoms with van der Waals surface area (Å²) in [4.78, 5) is 0. The Balaban J connectivity index is 0.00000151. The van der Waals surface area contributed by atoms with Crippen molar-refractivity contribution in [3.8, 4) is 0 Å². The highest BCUT2D eigenvalue weighted by Crippen LogP contribution is 2.41. The molecule has 0 aromatic heterocycles. The first-order valence-electron chi connectivity index (χ1n) is 9.10. The highest BCUT2D eigenvalue weighted by Gasteiger charge is 2.30. The second kappa shape index (κ2) is 9.84. The van der Waals surface area contributed by atoms with Gasteiger partial charge in [-0.1, -0.05) is 101 Å². The molecule has 1 aliphatic rings. The number of hydrogen-bond acceptors (Lipinski definition) is 0. The summed E-state index contributed by atoms with van der Waals surface area (Å²) >= 11 is 0. The monoisotopic (exact) mass is 332 g/mol. The third kappa shape index (κ3) is 5.60. The van der Waals surface area contributed by atoms with Gasteiger partial charge in [0, 0.05) is 0 Å². The standard InChI is InChI=1S/C23H26.C2H6/c1-7-9-23(16(3)4)18(6)20-10-12-21(13-11-20)19(8-2)15-22-14-17(22)5;1-2/h7-13,15,17,22H,1-3,6,14H2,4-5H3;1-2H3/b19-15+,23-9+;. The van der Waals surface area contributed by atoms with Crippen molar-refractivity contribution in [3.63, 3.8) is 0 Å². The van der Waals surface area contributed by atoms with Crippen LogP contribution in [-0.4, -0.2) is 0 Å². The Morgan fingerprint density at radius 2 is 1.56 bits per heavy atom. The van der Waals surface area contributed by atoms with Crippen LogP contribution < -0.4 is 0 Å². The third-order valence-corrected chi connectivity index (χ3v) is 4.42. The van der Waals surface area contributed by atoms with Gasteiger partial charge >= 0.3 is 0 Å². The molecule has 132 valence electrons. The molecular formula is C25H32. The summed E-state index contributed by atoms with van der Waals surface area (Å²) in [6.45, 7) is 24.3. The maximum absolute atomic E-state index is 4.22. The summed E-state index contributed by atoms with van der Waals surface area (Å²) in [5.74, 6) is 1.52. The van der Waals surface area contributed by atoms with E-state index in [0.717, 1.165) is 28.2 Å². The Labute approximate surface area is 154 Å². The van der Waals surface area contributed by atoms with E-state index in [0.29, 0.717) is 5.92 Å². The molecule has 1 aromatic carbocycles. The van der Waals surface area contributed by atoms with Crippen LogP contribution in [0.25, 0.3) is 11.1 Å². The van der Waals surface area contributed by atoms with Crippen LogP contribution in [0.4, 0.5) is 0 Å². The van der Waals surface area contributed by atoms with Crippen LogP contribution in [0.2, 0.25) is 0 Å². The number of rotatable bonds is 7. The molecule has 25 heavy (non-hydrogen) atoms. The van der Waals surface area contributed by atoms with Crippen molar-refractivity contribution in [2.24, 2.45) is 11.8 Å². The van der Waals surface area contributed by atoms with Crippen molar-refractivity contribution < 1.29 is 0 Å². The van der Waals surface area contributed by atoms with Gasteiger partial charge in [-0.25, -0.2) is 0 Å². The SMILES string of the molecule is C=C/C=C(\C(=C)C)C(=C)c1ccc(/C(C=C)=C/C2CC2C)cc1.CC. The molecule has 1 saturated carbocycles. The smallest absolute Gasteiger partial charge is 0.0161 e. The summed E-state index contributed by atoms with van der Waals surface area (Å²) < 4.78 is 0. The summed E-state index contributed by atoms with van der Waals surface area (Å²) in [6.07, 6.45) is 9.33. The number of hydrogen-bond donors (Lipinski definition) is 0. The molecule has 1 fully saturated rings. The zero-order valence-electron chi connectivity index (χ0n) is 16.3. The van der Waals surface area contributed by atoms with E-state index in [1.165, 1.54) is 17.6 Å². The van der Waals surface area contributed by atoms with Gasteiger partial charge in [0.25, 0.3) is 0 Å². The average Bonchev–Trinajstić information content (AvgIpc) is 3.33. The Morgan fingerprint density at radius 3 is 1.96 bits per heavy atom. The van der Waals surface area contributed by atoms with Gasteiger partial charge in [-0.2, -0.15) is 0 Å². The molecular weight excluding hydrogens is 300 g/mol. The zero-order valence-corrected chi connectivity index (χ0v) is 16.3. The lowest BCUT2D eigenvalue weighted by Crippen LogP contribution is -1.91. The van der Waals surface area contributed by atoms with Gasteiger partial charge in [0.1, 0.15) is 0 Å². The largest absolute Gasteiger partial charge is 0.0990 e. The van der Waals surface area contributed by atoms with Gasteiger partial charge in [-0.3, -0.25) is 0 Å². The first-order chi connectivity index (χ1) is 12.0. The molecule has 0 spiro atoms. The molecule has 0 amide bonds. The van der Waals surface area contributed by atoms with E-state index in [-0.39, 0.29) is 0 Å². The normalized spacial score (nSPS) is 19.4. The van der Waals surface area contributed by atoms with Crippen LogP contribution in [0.5, 0.6) is 0 Å². The summed E-state index contributed by atoms with van der Waals surface area (Å²) in [7, 11) is 0. The first-order valence-corrected chi connectivity index (χ1v) is 9.10. The first kappa shape index (κ1) is 20.7. The number of allylic oxidation sites excluding steroid dienone is 8. The van der Waals surface area contributed by atoms with E-state index in [4.69, 9.17) is 0 Å². The lowest BCUT2D eigenvalue weighted by molar-refractivity contribution is 0.900. The topological polar surface area (TPSA) is 0 Å². The van der Waals surface area contributed by atoms with Crippen molar-refractivity contribution in [1.82, 2.24) is 0 Å². The number of benzene rings is 1. The van der Waals surface area contributed by atoms with E-state index in [1.54, 1.807) is 6.08 Å². The van der Waals surface area contributed by atoms with Gasteiger partial charge in [0.2, 0.25) is 0 Å². The molecule has 2 atom stereocenters. The van der Waals surface area contributed by atoms with Crippen molar-refractivity contribution in [1.29, 1.82) is 0 Å². The van der Waals surface area contributed by atoms with E-state index in [9.17, 15) is 0 Å². The Bertz CT molecular complexity index is 692. The molecule has 2 rings (SSSR count). The molecule has 0 nitrogen and oxygen atoms in total. The molecule has 1 aliphatic carbocycles. The maximum Gasteiger partial charge on any atom is -0.0161 e. The van der Waals surface area contributed by atoms with Gasteiger partial charge < -0.3 is 0 Å². The Hall–Kier alpha value is -2.34. The second-order valence-corrected chi connectivity index (χ2v) is 6.36. The van der Waals surface area contributed by atoms with Crippen molar-refractivity contribution in [2.75, 3.05) is 0 Å². The Morgan fingerprint density at radius 1 is 1.04 bits per heavy atom. The highest BCUT2D eigenvalue weighted by atomic mass is 14.3. The van der Waals surface area contributed by atoms with E-state index < -0.39 is 0 Å². The van der Waals surface area contributed by atoms with Crippen LogP contribution in [0.15, 0.2) is 86.0 Å². The Kier molecular flexibility index (Phi) is 8.15. The summed E-state index contributed by atoms with van der Waals surface area (Å²) in [5, 5.41) is 0.